The molecule has 6 nitrogen and oxygen atoms in total. The van der Waals surface area contributed by atoms with Gasteiger partial charge in [0.25, 0.3) is 0 Å². The smallest absolute Gasteiger partial charge is 0.340 e. The van der Waals surface area contributed by atoms with E-state index in [-0.39, 0.29) is 11.9 Å². The van der Waals surface area contributed by atoms with E-state index >= 15 is 0 Å². The van der Waals surface area contributed by atoms with Crippen molar-refractivity contribution in [3.05, 3.63) is 22.1 Å². The highest BCUT2D eigenvalue weighted by Gasteiger charge is 2.26. The lowest BCUT2D eigenvalue weighted by atomic mass is 10.3. The van der Waals surface area contributed by atoms with Crippen molar-refractivity contribution in [3.8, 4) is 0 Å². The summed E-state index contributed by atoms with van der Waals surface area (Å²) in [6.07, 6.45) is 2.06. The number of hydrogen-bond donors (Lipinski definition) is 1. The van der Waals surface area contributed by atoms with Gasteiger partial charge in [-0.2, -0.15) is 0 Å². The first-order valence-corrected chi connectivity index (χ1v) is 3.55. The fourth-order valence-electron chi connectivity index (χ4n) is 0.950. The van der Waals surface area contributed by atoms with E-state index in [9.17, 15) is 10.1 Å². The summed E-state index contributed by atoms with van der Waals surface area (Å²) in [5.41, 5.74) is 0. The molecule has 1 aromatic rings. The number of rotatable bonds is 3. The lowest BCUT2D eigenvalue weighted by Crippen LogP contribution is -1.95. The van der Waals surface area contributed by atoms with Crippen LogP contribution in [0.15, 0.2) is 6.20 Å². The number of epoxide rings is 1. The summed E-state index contributed by atoms with van der Waals surface area (Å²) in [5, 5.41) is 10.2. The highest BCUT2D eigenvalue weighted by atomic mass is 16.6. The summed E-state index contributed by atoms with van der Waals surface area (Å²) in [6, 6.07) is 0. The number of ether oxygens (including phenoxy) is 1. The van der Waals surface area contributed by atoms with Crippen LogP contribution in [0.4, 0.5) is 5.82 Å². The van der Waals surface area contributed by atoms with Crippen molar-refractivity contribution in [3.63, 3.8) is 0 Å². The Balaban J connectivity index is 2.06. The fraction of sp³-hybridized carbons (Fsp3) is 0.500. The Kier molecular flexibility index (Phi) is 1.54. The number of nitrogens with zero attached hydrogens (tertiary/aromatic N) is 2. The van der Waals surface area contributed by atoms with Crippen LogP contribution in [0, 0.1) is 10.1 Å². The first kappa shape index (κ1) is 7.23. The Morgan fingerprint density at radius 2 is 2.67 bits per heavy atom. The molecule has 0 spiro atoms. The number of aromatic amines is 1. The van der Waals surface area contributed by atoms with Gasteiger partial charge in [0.05, 0.1) is 19.1 Å². The Morgan fingerprint density at radius 1 is 1.92 bits per heavy atom. The molecule has 0 saturated carbocycles. The zero-order valence-electron chi connectivity index (χ0n) is 6.19. The Labute approximate surface area is 67.7 Å². The van der Waals surface area contributed by atoms with Crippen molar-refractivity contribution < 1.29 is 9.66 Å². The van der Waals surface area contributed by atoms with Gasteiger partial charge < -0.3 is 14.9 Å². The standard InChI is InChI=1S/C6H7N3O3/c10-9(11)6-2-7-5(8-6)1-4-3-12-4/h2,4H,1,3H2,(H,7,8). The minimum atomic E-state index is -0.496. The van der Waals surface area contributed by atoms with Gasteiger partial charge >= 0.3 is 5.82 Å². The molecule has 1 N–H and O–H groups in total. The van der Waals surface area contributed by atoms with Crippen LogP contribution in [0.2, 0.25) is 0 Å². The highest BCUT2D eigenvalue weighted by Crippen LogP contribution is 2.15. The third kappa shape index (κ3) is 1.42. The van der Waals surface area contributed by atoms with E-state index in [4.69, 9.17) is 4.74 Å². The van der Waals surface area contributed by atoms with Gasteiger partial charge in [0.1, 0.15) is 6.20 Å². The molecule has 0 amide bonds. The van der Waals surface area contributed by atoms with Gasteiger partial charge in [-0.3, -0.25) is 0 Å². The molecule has 0 aliphatic carbocycles. The van der Waals surface area contributed by atoms with Crippen LogP contribution in [-0.4, -0.2) is 27.6 Å². The van der Waals surface area contributed by atoms with Crippen molar-refractivity contribution >= 4 is 5.82 Å². The van der Waals surface area contributed by atoms with Crippen molar-refractivity contribution in [2.45, 2.75) is 12.5 Å². The maximum atomic E-state index is 10.2. The quantitative estimate of drug-likeness (QED) is 0.399. The monoisotopic (exact) mass is 169 g/mol. The Hall–Kier alpha value is -1.43. The number of hydrogen-bond acceptors (Lipinski definition) is 4. The van der Waals surface area contributed by atoms with Crippen LogP contribution in [0.25, 0.3) is 0 Å². The van der Waals surface area contributed by atoms with Gasteiger partial charge in [-0.15, -0.1) is 0 Å². The minimum absolute atomic E-state index is 0.0642. The van der Waals surface area contributed by atoms with Gasteiger partial charge in [0.15, 0.2) is 5.82 Å². The van der Waals surface area contributed by atoms with Gasteiger partial charge in [-0.1, -0.05) is 0 Å². The summed E-state index contributed by atoms with van der Waals surface area (Å²) in [4.78, 5) is 16.2. The summed E-state index contributed by atoms with van der Waals surface area (Å²) in [6.45, 7) is 0.731. The molecule has 6 heteroatoms. The third-order valence-corrected chi connectivity index (χ3v) is 1.64. The molecule has 0 radical (unpaired) electrons. The summed E-state index contributed by atoms with van der Waals surface area (Å²) in [5.74, 6) is 0.551. The molecule has 64 valence electrons. The SMILES string of the molecule is O=[N+]([O-])c1cnc(CC2CO2)[nH]1. The molecule has 0 aromatic carbocycles. The van der Waals surface area contributed by atoms with Crippen LogP contribution in [0.1, 0.15) is 5.82 Å². The number of H-pyrrole nitrogens is 1. The fourth-order valence-corrected chi connectivity index (χ4v) is 0.950. The van der Waals surface area contributed by atoms with Crippen LogP contribution in [0.3, 0.4) is 0 Å². The predicted molar refractivity (Wildman–Crippen MR) is 38.7 cm³/mol. The molecule has 1 atom stereocenters. The lowest BCUT2D eigenvalue weighted by molar-refractivity contribution is -0.389. The highest BCUT2D eigenvalue weighted by molar-refractivity contribution is 5.15. The molecule has 1 aromatic heterocycles. The van der Waals surface area contributed by atoms with E-state index in [2.05, 4.69) is 9.97 Å². The molecule has 2 heterocycles. The maximum Gasteiger partial charge on any atom is 0.340 e. The largest absolute Gasteiger partial charge is 0.373 e. The van der Waals surface area contributed by atoms with Crippen molar-refractivity contribution in [1.29, 1.82) is 0 Å². The van der Waals surface area contributed by atoms with Crippen LogP contribution < -0.4 is 0 Å². The van der Waals surface area contributed by atoms with E-state index in [1.54, 1.807) is 0 Å². The van der Waals surface area contributed by atoms with Crippen molar-refractivity contribution in [2.24, 2.45) is 0 Å². The van der Waals surface area contributed by atoms with Crippen LogP contribution in [0.5, 0.6) is 0 Å². The van der Waals surface area contributed by atoms with E-state index in [1.807, 2.05) is 0 Å². The maximum absolute atomic E-state index is 10.2. The van der Waals surface area contributed by atoms with Gasteiger partial charge in [0, 0.05) is 0 Å². The average molecular weight is 169 g/mol. The number of imidazole rings is 1. The van der Waals surface area contributed by atoms with Gasteiger partial charge in [0.2, 0.25) is 0 Å². The van der Waals surface area contributed by atoms with E-state index in [0.29, 0.717) is 12.2 Å². The van der Waals surface area contributed by atoms with Crippen LogP contribution in [-0.2, 0) is 11.2 Å². The lowest BCUT2D eigenvalue weighted by Gasteiger charge is -1.86. The van der Waals surface area contributed by atoms with Gasteiger partial charge in [-0.25, -0.2) is 9.97 Å². The first-order valence-electron chi connectivity index (χ1n) is 3.55. The molecular formula is C6H7N3O3. The second-order valence-corrected chi connectivity index (χ2v) is 2.63. The molecule has 1 saturated heterocycles. The zero-order valence-corrected chi connectivity index (χ0v) is 6.19. The van der Waals surface area contributed by atoms with E-state index in [0.717, 1.165) is 6.61 Å². The molecule has 2 rings (SSSR count). The minimum Gasteiger partial charge on any atom is -0.373 e. The van der Waals surface area contributed by atoms with E-state index < -0.39 is 4.92 Å². The molecule has 12 heavy (non-hydrogen) atoms. The number of aromatic nitrogens is 2. The van der Waals surface area contributed by atoms with Crippen molar-refractivity contribution in [2.75, 3.05) is 6.61 Å². The zero-order chi connectivity index (χ0) is 8.55. The molecular weight excluding hydrogens is 162 g/mol. The molecule has 1 aliphatic heterocycles. The summed E-state index contributed by atoms with van der Waals surface area (Å²) < 4.78 is 4.95. The predicted octanol–water partition coefficient (Wildman–Crippen LogP) is 0.259. The Bertz CT molecular complexity index is 305. The number of nitro groups is 1. The molecule has 1 fully saturated rings. The van der Waals surface area contributed by atoms with E-state index in [1.165, 1.54) is 6.20 Å². The van der Waals surface area contributed by atoms with Crippen LogP contribution >= 0.6 is 0 Å². The second-order valence-electron chi connectivity index (χ2n) is 2.63. The molecule has 1 aliphatic rings. The average Bonchev–Trinajstić information content (AvgIpc) is 2.66. The number of nitrogens with one attached hydrogen (secondary N) is 1. The topological polar surface area (TPSA) is 84.3 Å². The van der Waals surface area contributed by atoms with Crippen molar-refractivity contribution in [1.82, 2.24) is 9.97 Å². The second kappa shape index (κ2) is 2.56. The van der Waals surface area contributed by atoms with Gasteiger partial charge in [-0.05, 0) is 4.92 Å². The normalized spacial score (nSPS) is 20.8. The molecule has 1 unspecified atom stereocenters. The Morgan fingerprint density at radius 3 is 3.17 bits per heavy atom. The molecule has 0 bridgehead atoms. The summed E-state index contributed by atoms with van der Waals surface area (Å²) in [7, 11) is 0. The summed E-state index contributed by atoms with van der Waals surface area (Å²) >= 11 is 0. The first-order chi connectivity index (χ1) is 5.75. The third-order valence-electron chi connectivity index (χ3n) is 1.64.